The predicted molar refractivity (Wildman–Crippen MR) is 187 cm³/mol. The average molecular weight is 563 g/mol. The van der Waals surface area contributed by atoms with Crippen molar-refractivity contribution in [2.75, 3.05) is 4.90 Å². The summed E-state index contributed by atoms with van der Waals surface area (Å²) in [6, 6.07) is 56.2. The van der Waals surface area contributed by atoms with Gasteiger partial charge in [-0.1, -0.05) is 140 Å². The van der Waals surface area contributed by atoms with Gasteiger partial charge in [-0.05, 0) is 64.2 Å². The lowest BCUT2D eigenvalue weighted by molar-refractivity contribution is 1.07. The topological polar surface area (TPSA) is 8.17 Å². The van der Waals surface area contributed by atoms with Gasteiger partial charge in [0, 0.05) is 27.9 Å². The Bertz CT molecular complexity index is 2150. The van der Waals surface area contributed by atoms with Gasteiger partial charge in [0.2, 0.25) is 0 Å². The Hall–Kier alpha value is -5.86. The molecule has 2 heterocycles. The highest BCUT2D eigenvalue weighted by atomic mass is 15.3. The lowest BCUT2D eigenvalue weighted by Gasteiger charge is -2.31. The zero-order valence-electron chi connectivity index (χ0n) is 24.3. The minimum Gasteiger partial charge on any atom is -0.295 e. The SMILES string of the molecule is C=C1/C=C\c2c(n(-c3ccc(-c4ccccc4)cc3)c3ccccc23)N(c2ccc(-c3ccccc3)cc2)c2ccccc21. The van der Waals surface area contributed by atoms with Gasteiger partial charge in [-0.15, -0.1) is 0 Å². The molecule has 208 valence electrons. The van der Waals surface area contributed by atoms with E-state index in [1.54, 1.807) is 0 Å². The van der Waals surface area contributed by atoms with Gasteiger partial charge in [-0.2, -0.15) is 0 Å². The lowest BCUT2D eigenvalue weighted by atomic mass is 9.99. The molecule has 0 saturated carbocycles. The molecule has 0 fully saturated rings. The Labute approximate surface area is 258 Å². The molecule has 2 heteroatoms. The van der Waals surface area contributed by atoms with Crippen molar-refractivity contribution in [1.29, 1.82) is 0 Å². The quantitative estimate of drug-likeness (QED) is 0.207. The summed E-state index contributed by atoms with van der Waals surface area (Å²) in [5.41, 5.74) is 12.5. The molecule has 0 spiro atoms. The summed E-state index contributed by atoms with van der Waals surface area (Å²) in [5, 5.41) is 1.20. The third kappa shape index (κ3) is 4.36. The van der Waals surface area contributed by atoms with Crippen molar-refractivity contribution < 1.29 is 0 Å². The fourth-order valence-electron chi connectivity index (χ4n) is 6.35. The Kier molecular flexibility index (Phi) is 6.31. The van der Waals surface area contributed by atoms with Gasteiger partial charge < -0.3 is 0 Å². The van der Waals surface area contributed by atoms with Crippen LogP contribution in [0.3, 0.4) is 0 Å². The number of allylic oxidation sites excluding steroid dienone is 2. The normalized spacial score (nSPS) is 13.2. The number of hydrogen-bond donors (Lipinski definition) is 0. The van der Waals surface area contributed by atoms with E-state index in [1.165, 1.54) is 27.6 Å². The van der Waals surface area contributed by atoms with Crippen LogP contribution in [-0.2, 0) is 0 Å². The molecular weight excluding hydrogens is 532 g/mol. The van der Waals surface area contributed by atoms with Crippen molar-refractivity contribution in [1.82, 2.24) is 4.57 Å². The summed E-state index contributed by atoms with van der Waals surface area (Å²) in [5.74, 6) is 1.10. The lowest BCUT2D eigenvalue weighted by Crippen LogP contribution is -2.17. The van der Waals surface area contributed by atoms with Crippen LogP contribution in [0, 0.1) is 0 Å². The zero-order valence-corrected chi connectivity index (χ0v) is 24.3. The molecule has 0 bridgehead atoms. The summed E-state index contributed by atoms with van der Waals surface area (Å²) in [7, 11) is 0. The van der Waals surface area contributed by atoms with E-state index in [0.29, 0.717) is 0 Å². The van der Waals surface area contributed by atoms with Crippen molar-refractivity contribution in [3.63, 3.8) is 0 Å². The monoisotopic (exact) mass is 562 g/mol. The second kappa shape index (κ2) is 10.8. The third-order valence-corrected chi connectivity index (χ3v) is 8.51. The van der Waals surface area contributed by atoms with E-state index in [1.807, 2.05) is 0 Å². The number of aromatic nitrogens is 1. The molecule has 0 radical (unpaired) electrons. The molecule has 6 aromatic carbocycles. The van der Waals surface area contributed by atoms with E-state index in [4.69, 9.17) is 0 Å². The average Bonchev–Trinajstić information content (AvgIpc) is 3.41. The minimum absolute atomic E-state index is 0.987. The first-order chi connectivity index (χ1) is 21.8. The molecule has 1 aliphatic heterocycles. The summed E-state index contributed by atoms with van der Waals surface area (Å²) < 4.78 is 2.40. The summed E-state index contributed by atoms with van der Waals surface area (Å²) in [6.07, 6.45) is 4.39. The minimum atomic E-state index is 0.987. The Morgan fingerprint density at radius 1 is 0.432 bits per heavy atom. The first kappa shape index (κ1) is 25.8. The number of fused-ring (bicyclic) bond motifs is 4. The van der Waals surface area contributed by atoms with Crippen LogP contribution in [0.4, 0.5) is 17.2 Å². The first-order valence-corrected chi connectivity index (χ1v) is 15.0. The molecule has 2 nitrogen and oxygen atoms in total. The van der Waals surface area contributed by atoms with Gasteiger partial charge in [-0.3, -0.25) is 9.47 Å². The van der Waals surface area contributed by atoms with Crippen LogP contribution in [0.25, 0.3) is 50.5 Å². The van der Waals surface area contributed by atoms with Gasteiger partial charge in [0.25, 0.3) is 0 Å². The van der Waals surface area contributed by atoms with E-state index in [2.05, 4.69) is 186 Å². The maximum absolute atomic E-state index is 4.48. The smallest absolute Gasteiger partial charge is 0.130 e. The van der Waals surface area contributed by atoms with E-state index >= 15 is 0 Å². The molecule has 0 amide bonds. The van der Waals surface area contributed by atoms with Gasteiger partial charge in [0.05, 0.1) is 11.2 Å². The van der Waals surface area contributed by atoms with Gasteiger partial charge >= 0.3 is 0 Å². The van der Waals surface area contributed by atoms with E-state index < -0.39 is 0 Å². The fraction of sp³-hybridized carbons (Fsp3) is 0. The maximum Gasteiger partial charge on any atom is 0.130 e. The van der Waals surface area contributed by atoms with Crippen LogP contribution < -0.4 is 4.90 Å². The van der Waals surface area contributed by atoms with Crippen molar-refractivity contribution in [3.05, 3.63) is 182 Å². The molecule has 0 unspecified atom stereocenters. The fourth-order valence-corrected chi connectivity index (χ4v) is 6.35. The predicted octanol–water partition coefficient (Wildman–Crippen LogP) is 11.5. The van der Waals surface area contributed by atoms with E-state index in [0.717, 1.165) is 45.1 Å². The highest BCUT2D eigenvalue weighted by molar-refractivity contribution is 6.04. The Morgan fingerprint density at radius 3 is 1.61 bits per heavy atom. The van der Waals surface area contributed by atoms with Gasteiger partial charge in [0.1, 0.15) is 5.82 Å². The van der Waals surface area contributed by atoms with Crippen LogP contribution in [0.5, 0.6) is 0 Å². The molecular formula is C42H30N2. The molecule has 44 heavy (non-hydrogen) atoms. The summed E-state index contributed by atoms with van der Waals surface area (Å²) in [6.45, 7) is 4.48. The molecule has 0 N–H and O–H groups in total. The third-order valence-electron chi connectivity index (χ3n) is 8.51. The van der Waals surface area contributed by atoms with Crippen LogP contribution in [0.15, 0.2) is 170 Å². The highest BCUT2D eigenvalue weighted by Crippen LogP contribution is 2.47. The van der Waals surface area contributed by atoms with Crippen molar-refractivity contribution in [3.8, 4) is 27.9 Å². The molecule has 1 aliphatic rings. The number of rotatable bonds is 4. The highest BCUT2D eigenvalue weighted by Gasteiger charge is 2.27. The number of hydrogen-bond acceptors (Lipinski definition) is 1. The standard InChI is InChI=1S/C42H30N2/c1-30-20-29-39-38-17-9-11-19-41(38)44(36-27-23-34(24-28-36)32-14-6-3-7-15-32)42(39)43(40-18-10-8-16-37(30)40)35-25-21-33(22-26-35)31-12-4-2-5-13-31/h2-29H,1H2/b29-20-. The van der Waals surface area contributed by atoms with Crippen LogP contribution in [0.1, 0.15) is 11.1 Å². The number of para-hydroxylation sites is 2. The second-order valence-corrected chi connectivity index (χ2v) is 11.1. The molecule has 8 rings (SSSR count). The van der Waals surface area contributed by atoms with Crippen molar-refractivity contribution in [2.45, 2.75) is 0 Å². The second-order valence-electron chi connectivity index (χ2n) is 11.1. The van der Waals surface area contributed by atoms with Crippen LogP contribution >= 0.6 is 0 Å². The number of benzene rings is 6. The van der Waals surface area contributed by atoms with E-state index in [-0.39, 0.29) is 0 Å². The summed E-state index contributed by atoms with van der Waals surface area (Å²) in [4.78, 5) is 2.40. The van der Waals surface area contributed by atoms with Crippen LogP contribution in [0.2, 0.25) is 0 Å². The first-order valence-electron chi connectivity index (χ1n) is 15.0. The summed E-state index contributed by atoms with van der Waals surface area (Å²) >= 11 is 0. The molecule has 0 atom stereocenters. The van der Waals surface area contributed by atoms with Crippen molar-refractivity contribution in [2.24, 2.45) is 0 Å². The van der Waals surface area contributed by atoms with E-state index in [9.17, 15) is 0 Å². The Balaban J connectivity index is 1.39. The number of anilines is 3. The number of nitrogens with zero attached hydrogens (tertiary/aromatic N) is 2. The Morgan fingerprint density at radius 2 is 0.955 bits per heavy atom. The van der Waals surface area contributed by atoms with Gasteiger partial charge in [0.15, 0.2) is 0 Å². The van der Waals surface area contributed by atoms with Gasteiger partial charge in [-0.25, -0.2) is 0 Å². The van der Waals surface area contributed by atoms with Crippen LogP contribution in [-0.4, -0.2) is 4.57 Å². The van der Waals surface area contributed by atoms with Crippen molar-refractivity contribution >= 4 is 39.7 Å². The molecule has 7 aromatic rings. The zero-order chi connectivity index (χ0) is 29.5. The largest absolute Gasteiger partial charge is 0.295 e. The molecule has 1 aromatic heterocycles. The maximum atomic E-state index is 4.48. The molecule has 0 aliphatic carbocycles. The molecule has 0 saturated heterocycles.